The van der Waals surface area contributed by atoms with Crippen LogP contribution in [0.3, 0.4) is 0 Å². The van der Waals surface area contributed by atoms with Crippen LogP contribution >= 0.6 is 11.6 Å². The van der Waals surface area contributed by atoms with E-state index in [1.54, 1.807) is 23.4 Å². The Morgan fingerprint density at radius 1 is 1.00 bits per heavy atom. The third kappa shape index (κ3) is 5.96. The lowest BCUT2D eigenvalue weighted by Gasteiger charge is -2.38. The first-order chi connectivity index (χ1) is 16.4. The lowest BCUT2D eigenvalue weighted by Crippen LogP contribution is -2.47. The number of pyridine rings is 1. The summed E-state index contributed by atoms with van der Waals surface area (Å²) < 4.78 is 41.6. The van der Waals surface area contributed by atoms with E-state index in [-0.39, 0.29) is 12.6 Å². The third-order valence-electron chi connectivity index (χ3n) is 6.20. The molecular weight excluding hydrogens is 463 g/mol. The highest BCUT2D eigenvalue weighted by molar-refractivity contribution is 6.30. The number of likely N-dealkylation sites (tertiary alicyclic amines) is 1. The highest BCUT2D eigenvalue weighted by Crippen LogP contribution is 2.24. The van der Waals surface area contributed by atoms with Gasteiger partial charge in [0.05, 0.1) is 5.56 Å². The first-order valence-electron chi connectivity index (χ1n) is 11.2. The molecule has 4 rings (SSSR count). The van der Waals surface area contributed by atoms with Crippen LogP contribution in [-0.4, -0.2) is 46.4 Å². The molecule has 1 aliphatic heterocycles. The van der Waals surface area contributed by atoms with Crippen LogP contribution in [-0.2, 0) is 13.0 Å². The van der Waals surface area contributed by atoms with Crippen molar-refractivity contribution in [2.75, 3.05) is 19.6 Å². The fraction of sp³-hybridized carbons (Fsp3) is 0.308. The number of amides is 1. The van der Waals surface area contributed by atoms with Gasteiger partial charge in [0.2, 0.25) is 0 Å². The van der Waals surface area contributed by atoms with Crippen molar-refractivity contribution in [3.8, 4) is 0 Å². The van der Waals surface area contributed by atoms with E-state index in [1.165, 1.54) is 5.56 Å². The van der Waals surface area contributed by atoms with Gasteiger partial charge >= 0.3 is 0 Å². The van der Waals surface area contributed by atoms with Gasteiger partial charge in [0.15, 0.2) is 11.6 Å². The number of hydrogen-bond donors (Lipinski definition) is 0. The summed E-state index contributed by atoms with van der Waals surface area (Å²) >= 11 is 5.95. The van der Waals surface area contributed by atoms with Crippen molar-refractivity contribution in [3.05, 3.63) is 100 Å². The number of nitrogens with zero attached hydrogens (tertiary/aromatic N) is 3. The van der Waals surface area contributed by atoms with Crippen molar-refractivity contribution in [2.24, 2.45) is 0 Å². The van der Waals surface area contributed by atoms with E-state index < -0.39 is 28.9 Å². The zero-order valence-corrected chi connectivity index (χ0v) is 19.3. The Morgan fingerprint density at radius 3 is 2.38 bits per heavy atom. The Morgan fingerprint density at radius 2 is 1.71 bits per heavy atom. The molecule has 1 saturated heterocycles. The Bertz CT molecular complexity index is 1120. The summed E-state index contributed by atoms with van der Waals surface area (Å²) in [6, 6.07) is 12.3. The third-order valence-corrected chi connectivity index (χ3v) is 6.46. The van der Waals surface area contributed by atoms with Crippen molar-refractivity contribution in [2.45, 2.75) is 31.8 Å². The van der Waals surface area contributed by atoms with Gasteiger partial charge in [-0.3, -0.25) is 9.78 Å². The summed E-state index contributed by atoms with van der Waals surface area (Å²) in [5, 5.41) is 0.709. The molecule has 1 amide bonds. The molecule has 0 bridgehead atoms. The molecule has 1 aliphatic rings. The number of rotatable bonds is 7. The number of carbonyl (C=O) groups excluding carboxylic acids is 1. The Hall–Kier alpha value is -2.90. The SMILES string of the molecule is O=C(c1cc(F)c(F)cc1F)N(Cc1cccnc1)C1CCN(CCc2ccc(Cl)cc2)CC1. The minimum atomic E-state index is -1.32. The lowest BCUT2D eigenvalue weighted by molar-refractivity contribution is 0.0545. The van der Waals surface area contributed by atoms with Gasteiger partial charge in [-0.2, -0.15) is 0 Å². The zero-order chi connectivity index (χ0) is 24.1. The molecule has 0 aliphatic carbocycles. The lowest BCUT2D eigenvalue weighted by atomic mass is 10.00. The van der Waals surface area contributed by atoms with Crippen LogP contribution < -0.4 is 0 Å². The molecule has 1 aromatic heterocycles. The highest BCUT2D eigenvalue weighted by Gasteiger charge is 2.30. The van der Waals surface area contributed by atoms with Gasteiger partial charge in [0.1, 0.15) is 5.82 Å². The maximum atomic E-state index is 14.4. The molecule has 0 spiro atoms. The standard InChI is InChI=1S/C26H25ClF3N3O/c27-20-5-3-18(4-6-20)7-11-32-12-8-21(9-13-32)33(17-19-2-1-10-31-16-19)26(34)22-14-24(29)25(30)15-23(22)28/h1-6,10,14-16,21H,7-9,11-13,17H2. The molecule has 1 fully saturated rings. The maximum Gasteiger partial charge on any atom is 0.257 e. The van der Waals surface area contributed by atoms with Crippen molar-refractivity contribution in [1.29, 1.82) is 0 Å². The van der Waals surface area contributed by atoms with Crippen LogP contribution in [0.1, 0.15) is 34.3 Å². The molecule has 2 aromatic carbocycles. The van der Waals surface area contributed by atoms with Crippen LogP contribution in [0.15, 0.2) is 60.9 Å². The van der Waals surface area contributed by atoms with Crippen LogP contribution in [0.4, 0.5) is 13.2 Å². The second-order valence-electron chi connectivity index (χ2n) is 8.49. The number of carbonyl (C=O) groups is 1. The van der Waals surface area contributed by atoms with E-state index in [9.17, 15) is 18.0 Å². The number of aromatic nitrogens is 1. The molecule has 0 unspecified atom stereocenters. The topological polar surface area (TPSA) is 36.4 Å². The van der Waals surface area contributed by atoms with Crippen LogP contribution in [0, 0.1) is 17.5 Å². The highest BCUT2D eigenvalue weighted by atomic mass is 35.5. The van der Waals surface area contributed by atoms with Crippen molar-refractivity contribution in [3.63, 3.8) is 0 Å². The molecule has 34 heavy (non-hydrogen) atoms. The van der Waals surface area contributed by atoms with Gasteiger partial charge in [-0.05, 0) is 54.7 Å². The van der Waals surface area contributed by atoms with Gasteiger partial charge in [-0.25, -0.2) is 13.2 Å². The van der Waals surface area contributed by atoms with E-state index in [4.69, 9.17) is 11.6 Å². The monoisotopic (exact) mass is 487 g/mol. The minimum absolute atomic E-state index is 0.160. The van der Waals surface area contributed by atoms with E-state index in [0.29, 0.717) is 30.0 Å². The van der Waals surface area contributed by atoms with Crippen molar-refractivity contribution in [1.82, 2.24) is 14.8 Å². The number of benzene rings is 2. The predicted octanol–water partition coefficient (Wildman–Crippen LogP) is 5.50. The summed E-state index contributed by atoms with van der Waals surface area (Å²) in [5.41, 5.74) is 1.52. The van der Waals surface area contributed by atoms with Gasteiger partial charge in [0, 0.05) is 55.7 Å². The van der Waals surface area contributed by atoms with Gasteiger partial charge in [-0.1, -0.05) is 29.8 Å². The van der Waals surface area contributed by atoms with Crippen LogP contribution in [0.2, 0.25) is 5.02 Å². The smallest absolute Gasteiger partial charge is 0.257 e. The summed E-state index contributed by atoms with van der Waals surface area (Å²) in [5.74, 6) is -4.29. The van der Waals surface area contributed by atoms with Crippen molar-refractivity contribution >= 4 is 17.5 Å². The van der Waals surface area contributed by atoms with Gasteiger partial charge in [0.25, 0.3) is 5.91 Å². The predicted molar refractivity (Wildman–Crippen MR) is 125 cm³/mol. The fourth-order valence-corrected chi connectivity index (χ4v) is 4.42. The molecular formula is C26H25ClF3N3O. The number of halogens is 4. The minimum Gasteiger partial charge on any atom is -0.331 e. The van der Waals surface area contributed by atoms with E-state index >= 15 is 0 Å². The first kappa shape index (κ1) is 24.2. The molecule has 2 heterocycles. The quantitative estimate of drug-likeness (QED) is 0.413. The van der Waals surface area contributed by atoms with Gasteiger partial charge in [-0.15, -0.1) is 0 Å². The van der Waals surface area contributed by atoms with E-state index in [2.05, 4.69) is 9.88 Å². The molecule has 0 N–H and O–H groups in total. The number of hydrogen-bond acceptors (Lipinski definition) is 3. The summed E-state index contributed by atoms with van der Waals surface area (Å²) in [6.45, 7) is 2.63. The maximum absolute atomic E-state index is 14.4. The molecule has 8 heteroatoms. The Labute approximate surface area is 202 Å². The molecule has 4 nitrogen and oxygen atoms in total. The van der Waals surface area contributed by atoms with Crippen LogP contribution in [0.5, 0.6) is 0 Å². The summed E-state index contributed by atoms with van der Waals surface area (Å²) in [6.07, 6.45) is 5.54. The van der Waals surface area contributed by atoms with Crippen LogP contribution in [0.25, 0.3) is 0 Å². The Kier molecular flexibility index (Phi) is 7.85. The zero-order valence-electron chi connectivity index (χ0n) is 18.6. The average molecular weight is 488 g/mol. The van der Waals surface area contributed by atoms with Gasteiger partial charge < -0.3 is 9.80 Å². The van der Waals surface area contributed by atoms with E-state index in [1.807, 2.05) is 30.3 Å². The van der Waals surface area contributed by atoms with E-state index in [0.717, 1.165) is 31.6 Å². The second kappa shape index (κ2) is 11.0. The summed E-state index contributed by atoms with van der Waals surface area (Å²) in [7, 11) is 0. The Balaban J connectivity index is 1.46. The molecule has 3 aromatic rings. The molecule has 0 radical (unpaired) electrons. The second-order valence-corrected chi connectivity index (χ2v) is 8.93. The largest absolute Gasteiger partial charge is 0.331 e. The summed E-state index contributed by atoms with van der Waals surface area (Å²) in [4.78, 5) is 21.3. The number of piperidine rings is 1. The molecule has 178 valence electrons. The molecule has 0 saturated carbocycles. The van der Waals surface area contributed by atoms with Crippen molar-refractivity contribution < 1.29 is 18.0 Å². The normalized spacial score (nSPS) is 14.8. The fourth-order valence-electron chi connectivity index (χ4n) is 4.29. The average Bonchev–Trinajstić information content (AvgIpc) is 2.85. The molecule has 0 atom stereocenters. The first-order valence-corrected chi connectivity index (χ1v) is 11.6.